The summed E-state index contributed by atoms with van der Waals surface area (Å²) < 4.78 is 11.1. The predicted octanol–water partition coefficient (Wildman–Crippen LogP) is 11.2. The third-order valence-corrected chi connectivity index (χ3v) is 15.0. The van der Waals surface area contributed by atoms with Crippen molar-refractivity contribution in [3.63, 3.8) is 0 Å². The van der Waals surface area contributed by atoms with Crippen molar-refractivity contribution in [1.29, 1.82) is 0 Å². The topological polar surface area (TPSA) is 146 Å². The van der Waals surface area contributed by atoms with Crippen molar-refractivity contribution in [1.82, 2.24) is 9.97 Å². The number of carbonyl (C=O) groups excluding carboxylic acids is 3. The molecule has 10 nitrogen and oxygen atoms in total. The second kappa shape index (κ2) is 23.4. The number of aliphatic hydroxyl groups is 1. The van der Waals surface area contributed by atoms with Gasteiger partial charge in [-0.3, -0.25) is 14.4 Å². The van der Waals surface area contributed by atoms with E-state index in [1.165, 1.54) is 57.6 Å². The van der Waals surface area contributed by atoms with Crippen molar-refractivity contribution in [2.24, 2.45) is 47.3 Å². The smallest absolute Gasteiger partial charge is 0.681 e. The average molecular weight is 914 g/mol. The van der Waals surface area contributed by atoms with Crippen molar-refractivity contribution < 1.29 is 29.0 Å². The predicted molar refractivity (Wildman–Crippen MR) is 268 cm³/mol. The summed E-state index contributed by atoms with van der Waals surface area (Å²) in [4.78, 5) is 50.5. The summed E-state index contributed by atoms with van der Waals surface area (Å²) in [5.74, 6) is -0.112. The first-order valence-electron chi connectivity index (χ1n) is 24.7. The van der Waals surface area contributed by atoms with E-state index in [9.17, 15) is 19.5 Å². The fraction of sp³-hybridized carbons (Fsp3) is 0.618. The molecule has 2 aromatic rings. The van der Waals surface area contributed by atoms with Crippen LogP contribution in [0, 0.1) is 61.2 Å². The van der Waals surface area contributed by atoms with Crippen molar-refractivity contribution in [3.8, 4) is 0 Å². The van der Waals surface area contributed by atoms with Gasteiger partial charge in [0.15, 0.2) is 5.78 Å². The van der Waals surface area contributed by atoms with E-state index in [2.05, 4.69) is 55.4 Å². The van der Waals surface area contributed by atoms with Gasteiger partial charge < -0.3 is 35.2 Å². The third kappa shape index (κ3) is 11.8. The quantitative estimate of drug-likeness (QED) is 0.0598. The monoisotopic (exact) mass is 913 g/mol. The molecule has 0 spiro atoms. The summed E-state index contributed by atoms with van der Waals surface area (Å²) in [6, 6.07) is -0.616. The van der Waals surface area contributed by atoms with Crippen LogP contribution in [0.2, 0.25) is 0 Å². The van der Waals surface area contributed by atoms with Crippen LogP contribution in [0.25, 0.3) is 40.2 Å². The number of Topliss-reactive ketones (excluding diaryl/α,β-unsaturated/α-hetero) is 1. The van der Waals surface area contributed by atoms with Crippen molar-refractivity contribution in [2.75, 3.05) is 13.7 Å². The summed E-state index contributed by atoms with van der Waals surface area (Å²) in [5.41, 5.74) is 8.21. The number of carbonyl (C=O) groups is 3. The van der Waals surface area contributed by atoms with Gasteiger partial charge >= 0.3 is 35.0 Å². The van der Waals surface area contributed by atoms with Crippen LogP contribution in [0.15, 0.2) is 28.7 Å². The Labute approximate surface area is 411 Å². The van der Waals surface area contributed by atoms with E-state index in [0.717, 1.165) is 59.3 Å². The van der Waals surface area contributed by atoms with Crippen LogP contribution in [0.4, 0.5) is 0 Å². The summed E-state index contributed by atoms with van der Waals surface area (Å²) in [6.45, 7) is 23.5. The Morgan fingerprint density at radius 2 is 1.42 bits per heavy atom. The normalized spacial score (nSPS) is 25.5. The van der Waals surface area contributed by atoms with Crippen molar-refractivity contribution >= 4 is 70.3 Å². The van der Waals surface area contributed by atoms with Gasteiger partial charge in [0.05, 0.1) is 7.11 Å². The van der Waals surface area contributed by atoms with E-state index in [1.807, 2.05) is 38.2 Å². The van der Waals surface area contributed by atoms with Crippen molar-refractivity contribution in [2.45, 2.75) is 159 Å². The molecule has 0 amide bonds. The van der Waals surface area contributed by atoms with Crippen LogP contribution in [0.5, 0.6) is 0 Å². The maximum Gasteiger partial charge on any atom is 2.00 e. The second-order valence-corrected chi connectivity index (χ2v) is 20.4. The number of aliphatic hydroxyl groups excluding tert-OH is 1. The maximum absolute atomic E-state index is 13.6. The van der Waals surface area contributed by atoms with Gasteiger partial charge in [-0.1, -0.05) is 146 Å². The van der Waals surface area contributed by atoms with Crippen molar-refractivity contribution in [3.05, 3.63) is 83.7 Å². The minimum absolute atomic E-state index is 0. The largest absolute Gasteiger partial charge is 2.00 e. The zero-order valence-electron chi connectivity index (χ0n) is 42.2. The molecule has 2 aromatic heterocycles. The van der Waals surface area contributed by atoms with Crippen LogP contribution < -0.4 is 20.5 Å². The Balaban J connectivity index is 0.00000817. The summed E-state index contributed by atoms with van der Waals surface area (Å²) in [6.07, 6.45) is 20.6. The average Bonchev–Trinajstić information content (AvgIpc) is 4.00. The van der Waals surface area contributed by atoms with Crippen LogP contribution >= 0.6 is 0 Å². The van der Waals surface area contributed by atoms with E-state index in [1.54, 1.807) is 6.92 Å². The van der Waals surface area contributed by atoms with E-state index in [-0.39, 0.29) is 77.3 Å². The van der Waals surface area contributed by atoms with Gasteiger partial charge in [-0.15, -0.1) is 22.4 Å². The Kier molecular flexibility index (Phi) is 18.8. The van der Waals surface area contributed by atoms with Gasteiger partial charge in [-0.25, -0.2) is 0 Å². The number of allylic oxidation sites excluding steroid dienone is 4. The van der Waals surface area contributed by atoms with Crippen LogP contribution in [-0.2, 0) is 19.1 Å². The number of fused-ring (bicyclic) bond motifs is 8. The van der Waals surface area contributed by atoms with Gasteiger partial charge in [-0.2, -0.15) is 17.1 Å². The maximum atomic E-state index is 13.6. The minimum Gasteiger partial charge on any atom is -0.681 e. The number of aromatic nitrogens is 2. The molecule has 0 saturated carbocycles. The van der Waals surface area contributed by atoms with E-state index in [0.29, 0.717) is 51.1 Å². The van der Waals surface area contributed by atoms with E-state index < -0.39 is 17.9 Å². The Bertz CT molecular complexity index is 2340. The first kappa shape index (κ1) is 53.0. The number of hydrogen-bond donors (Lipinski definition) is 1. The molecule has 8 bridgehead atoms. The Morgan fingerprint density at radius 1 is 0.803 bits per heavy atom. The molecule has 356 valence electrons. The minimum atomic E-state index is -1.10. The molecule has 1 unspecified atom stereocenters. The Morgan fingerprint density at radius 3 is 2.06 bits per heavy atom. The molecule has 0 radical (unpaired) electrons. The van der Waals surface area contributed by atoms with Crippen LogP contribution in [0.1, 0.15) is 178 Å². The van der Waals surface area contributed by atoms with Gasteiger partial charge in [0.1, 0.15) is 18.3 Å². The summed E-state index contributed by atoms with van der Waals surface area (Å²) in [5, 5.41) is 23.4. The molecule has 1 N–H and O–H groups in total. The number of nitrogens with zero attached hydrogens (tertiary/aromatic N) is 4. The fourth-order valence-electron chi connectivity index (χ4n) is 10.9. The first-order valence-corrected chi connectivity index (χ1v) is 24.7. The molecule has 0 aromatic carbocycles. The number of rotatable bonds is 20. The number of esters is 2. The van der Waals surface area contributed by atoms with Crippen LogP contribution in [0.3, 0.4) is 0 Å². The fourth-order valence-corrected chi connectivity index (χ4v) is 10.9. The van der Waals surface area contributed by atoms with Gasteiger partial charge in [-0.05, 0) is 94.5 Å². The molecule has 2 fully saturated rings. The number of methoxy groups -OCH3 is 1. The molecule has 5 heterocycles. The molecule has 6 rings (SSSR count). The molecular weight excluding hydrogens is 837 g/mol. The zero-order valence-corrected chi connectivity index (χ0v) is 43.6. The molecule has 4 aliphatic rings. The molecule has 11 heteroatoms. The molecular formula is C55H76MgN4O6-2. The SMILES string of the molecule is CC[C@H]1/C2=C/c3[n-]c4c(c3C)=C(O)[C@H](C(=O)OC)C=4C3[N-]/C(=C\c4[n-]c(c(C(C)=O)c4C)/C=C(\[N-]2)[C@@H]1C)[C@@H](C)[C@@H]3CCC(=O)OC/C=C(\C)CCC[C@@H](C)CCC[C@@H](C)CCCC(C)C.[Mg+2]. The second-order valence-electron chi connectivity index (χ2n) is 20.4. The summed E-state index contributed by atoms with van der Waals surface area (Å²) in [7, 11) is 1.32. The van der Waals surface area contributed by atoms with Gasteiger partial charge in [0, 0.05) is 17.2 Å². The molecule has 3 aliphatic heterocycles. The molecule has 8 atom stereocenters. The number of ether oxygens (including phenoxy) is 2. The summed E-state index contributed by atoms with van der Waals surface area (Å²) >= 11 is 0. The Hall–Kier alpha value is -3.96. The number of ketones is 1. The third-order valence-electron chi connectivity index (χ3n) is 15.0. The molecule has 66 heavy (non-hydrogen) atoms. The molecule has 2 saturated heterocycles. The van der Waals surface area contributed by atoms with E-state index >= 15 is 0 Å². The standard InChI is InChI=1S/C55H77N4O6.Mg/c1-13-39-34(7)41-29-46-48(38(11)60)36(9)43(57-46)27-42-35(8)40(52(58-42)50-51(55(63)64-12)54(62)49-37(10)44(59-53(49)50)28-45(39)56-41)23-24-47(61)65-26-25-33(6)22-16-21-32(5)20-15-19-31(4)18-14-17-30(2)3;/h25,27-32,34-35,39-40,51-52H,13-24,26H2,1-12H3,(H2-,56,57,60,62);/q-3;+2/p-1/b33-25+,42-27-,45-28-;/t31-,32-,34+,35-,39+,40-,51+,52?;/m0./s1. The first-order chi connectivity index (χ1) is 30.9. The molecule has 1 aliphatic carbocycles. The van der Waals surface area contributed by atoms with E-state index in [4.69, 9.17) is 30.1 Å². The number of hydrogen-bond acceptors (Lipinski definition) is 6. The van der Waals surface area contributed by atoms with Gasteiger partial charge in [0.2, 0.25) is 0 Å². The van der Waals surface area contributed by atoms with Gasteiger partial charge in [0.25, 0.3) is 0 Å². The zero-order chi connectivity index (χ0) is 47.3. The van der Waals surface area contributed by atoms with Crippen LogP contribution in [-0.4, -0.2) is 65.6 Å².